The summed E-state index contributed by atoms with van der Waals surface area (Å²) in [6.07, 6.45) is 0. The Kier molecular flexibility index (Phi) is 4.45. The Hall–Kier alpha value is -1.40. The molecule has 7 heteroatoms. The topological polar surface area (TPSA) is 41.0 Å². The van der Waals surface area contributed by atoms with Gasteiger partial charge in [0.2, 0.25) is 5.91 Å². The monoisotopic (exact) mass is 315 g/mol. The Balaban J connectivity index is 2.44. The maximum Gasteiger partial charge on any atom is 0.242 e. The van der Waals surface area contributed by atoms with Gasteiger partial charge in [-0.25, -0.2) is 4.39 Å². The Morgan fingerprint density at radius 1 is 1.45 bits per heavy atom. The predicted molar refractivity (Wildman–Crippen MR) is 80.0 cm³/mol. The van der Waals surface area contributed by atoms with Crippen LogP contribution in [0.5, 0.6) is 0 Å². The molecule has 0 unspecified atom stereocenters. The number of aromatic amines is 1. The van der Waals surface area contributed by atoms with Crippen molar-refractivity contribution in [2.24, 2.45) is 0 Å². The van der Waals surface area contributed by atoms with Gasteiger partial charge in [-0.3, -0.25) is 4.79 Å². The first-order chi connectivity index (χ1) is 9.47. The third-order valence-electron chi connectivity index (χ3n) is 3.23. The minimum absolute atomic E-state index is 0.0240. The fourth-order valence-electron chi connectivity index (χ4n) is 2.12. The zero-order valence-electron chi connectivity index (χ0n) is 11.2. The molecule has 2 aromatic rings. The molecule has 2 rings (SSSR count). The lowest BCUT2D eigenvalue weighted by molar-refractivity contribution is -0.131. The van der Waals surface area contributed by atoms with E-state index in [9.17, 15) is 9.18 Å². The number of nitrogens with zero attached hydrogens (tertiary/aromatic N) is 2. The van der Waals surface area contributed by atoms with Crippen LogP contribution in [-0.4, -0.2) is 33.4 Å². The molecular formula is C13H15ClFN3OS. The van der Waals surface area contributed by atoms with Gasteiger partial charge in [0.05, 0.1) is 16.1 Å². The first kappa shape index (κ1) is 15.0. The van der Waals surface area contributed by atoms with Crippen LogP contribution in [-0.2, 0) is 11.3 Å². The van der Waals surface area contributed by atoms with Crippen molar-refractivity contribution in [1.82, 2.24) is 14.5 Å². The minimum atomic E-state index is -0.530. The molecule has 0 saturated carbocycles. The summed E-state index contributed by atoms with van der Waals surface area (Å²) in [5.41, 5.74) is 1.16. The molecule has 1 aromatic heterocycles. The number of rotatable bonds is 4. The predicted octanol–water partition coefficient (Wildman–Crippen LogP) is 3.36. The summed E-state index contributed by atoms with van der Waals surface area (Å²) in [4.78, 5) is 16.8. The number of hydrogen-bond donors (Lipinski definition) is 1. The normalized spacial score (nSPS) is 11.0. The van der Waals surface area contributed by atoms with Crippen molar-refractivity contribution in [2.75, 3.05) is 13.1 Å². The van der Waals surface area contributed by atoms with Crippen molar-refractivity contribution in [1.29, 1.82) is 0 Å². The molecule has 108 valence electrons. The highest BCUT2D eigenvalue weighted by molar-refractivity contribution is 7.71. The molecule has 20 heavy (non-hydrogen) atoms. The third kappa shape index (κ3) is 2.71. The van der Waals surface area contributed by atoms with Crippen LogP contribution in [0.4, 0.5) is 4.39 Å². The fraction of sp³-hybridized carbons (Fsp3) is 0.385. The smallest absolute Gasteiger partial charge is 0.242 e. The van der Waals surface area contributed by atoms with Gasteiger partial charge in [-0.1, -0.05) is 11.6 Å². The number of fused-ring (bicyclic) bond motifs is 1. The van der Waals surface area contributed by atoms with Crippen LogP contribution in [0.1, 0.15) is 13.8 Å². The van der Waals surface area contributed by atoms with Crippen LogP contribution >= 0.6 is 23.8 Å². The number of benzene rings is 1. The van der Waals surface area contributed by atoms with Gasteiger partial charge in [0.1, 0.15) is 12.4 Å². The first-order valence-electron chi connectivity index (χ1n) is 6.33. The van der Waals surface area contributed by atoms with E-state index in [0.29, 0.717) is 28.9 Å². The van der Waals surface area contributed by atoms with Crippen molar-refractivity contribution in [3.05, 3.63) is 27.7 Å². The summed E-state index contributed by atoms with van der Waals surface area (Å²) in [5.74, 6) is -0.584. The van der Waals surface area contributed by atoms with Gasteiger partial charge in [-0.05, 0) is 32.1 Å². The molecule has 0 radical (unpaired) electrons. The second kappa shape index (κ2) is 5.93. The van der Waals surface area contributed by atoms with Crippen LogP contribution in [0.15, 0.2) is 12.1 Å². The van der Waals surface area contributed by atoms with Crippen LogP contribution in [0, 0.1) is 10.6 Å². The van der Waals surface area contributed by atoms with E-state index in [-0.39, 0.29) is 17.5 Å². The molecule has 1 N–H and O–H groups in total. The fourth-order valence-corrected chi connectivity index (χ4v) is 2.56. The molecule has 1 heterocycles. The van der Waals surface area contributed by atoms with Crippen molar-refractivity contribution in [3.63, 3.8) is 0 Å². The average molecular weight is 316 g/mol. The van der Waals surface area contributed by atoms with Crippen LogP contribution in [0.3, 0.4) is 0 Å². The Morgan fingerprint density at radius 2 is 2.10 bits per heavy atom. The summed E-state index contributed by atoms with van der Waals surface area (Å²) in [7, 11) is 0. The number of aromatic nitrogens is 2. The number of carbonyl (C=O) groups is 1. The van der Waals surface area contributed by atoms with Gasteiger partial charge in [-0.15, -0.1) is 0 Å². The number of carbonyl (C=O) groups excluding carboxylic acids is 1. The van der Waals surface area contributed by atoms with E-state index in [1.54, 1.807) is 9.47 Å². The number of halogens is 2. The molecule has 0 fully saturated rings. The number of likely N-dealkylation sites (N-methyl/N-ethyl adjacent to an activating group) is 1. The van der Waals surface area contributed by atoms with Gasteiger partial charge in [-0.2, -0.15) is 0 Å². The van der Waals surface area contributed by atoms with E-state index in [4.69, 9.17) is 23.8 Å². The number of imidazole rings is 1. The van der Waals surface area contributed by atoms with E-state index in [2.05, 4.69) is 4.98 Å². The Labute approximate surface area is 126 Å². The first-order valence-corrected chi connectivity index (χ1v) is 7.11. The SMILES string of the molecule is CCN(CC)C(=O)Cn1c(=S)[nH]c2cc(Cl)c(F)cc21. The van der Waals surface area contributed by atoms with Crippen molar-refractivity contribution in [3.8, 4) is 0 Å². The summed E-state index contributed by atoms with van der Waals surface area (Å²) in [6, 6.07) is 2.76. The molecule has 0 spiro atoms. The average Bonchev–Trinajstić information content (AvgIpc) is 2.68. The quantitative estimate of drug-likeness (QED) is 0.879. The van der Waals surface area contributed by atoms with E-state index < -0.39 is 5.82 Å². The molecule has 0 saturated heterocycles. The zero-order chi connectivity index (χ0) is 14.9. The summed E-state index contributed by atoms with van der Waals surface area (Å²) in [6.45, 7) is 5.17. The maximum absolute atomic E-state index is 13.6. The molecular weight excluding hydrogens is 301 g/mol. The highest BCUT2D eigenvalue weighted by Crippen LogP contribution is 2.22. The summed E-state index contributed by atoms with van der Waals surface area (Å²) < 4.78 is 15.5. The lowest BCUT2D eigenvalue weighted by Crippen LogP contribution is -2.33. The second-order valence-corrected chi connectivity index (χ2v) is 5.16. The van der Waals surface area contributed by atoms with E-state index in [1.807, 2.05) is 13.8 Å². The zero-order valence-corrected chi connectivity index (χ0v) is 12.8. The van der Waals surface area contributed by atoms with Gasteiger partial charge in [0.15, 0.2) is 4.77 Å². The molecule has 1 aromatic carbocycles. The second-order valence-electron chi connectivity index (χ2n) is 4.37. The van der Waals surface area contributed by atoms with Crippen LogP contribution in [0.2, 0.25) is 5.02 Å². The number of hydrogen-bond acceptors (Lipinski definition) is 2. The van der Waals surface area contributed by atoms with Crippen molar-refractivity contribution < 1.29 is 9.18 Å². The van der Waals surface area contributed by atoms with Gasteiger partial charge in [0, 0.05) is 19.2 Å². The molecule has 0 aliphatic rings. The van der Waals surface area contributed by atoms with E-state index in [0.717, 1.165) is 0 Å². The van der Waals surface area contributed by atoms with Crippen LogP contribution < -0.4 is 0 Å². The number of H-pyrrole nitrogens is 1. The lowest BCUT2D eigenvalue weighted by atomic mass is 10.3. The highest BCUT2D eigenvalue weighted by Gasteiger charge is 2.14. The largest absolute Gasteiger partial charge is 0.342 e. The lowest BCUT2D eigenvalue weighted by Gasteiger charge is -2.19. The maximum atomic E-state index is 13.6. The molecule has 4 nitrogen and oxygen atoms in total. The Bertz CT molecular complexity index is 705. The van der Waals surface area contributed by atoms with E-state index in [1.165, 1.54) is 12.1 Å². The number of nitrogens with one attached hydrogen (secondary N) is 1. The van der Waals surface area contributed by atoms with Crippen molar-refractivity contribution in [2.45, 2.75) is 20.4 Å². The summed E-state index contributed by atoms with van der Waals surface area (Å²) >= 11 is 10.9. The standard InChI is InChI=1S/C13H15ClFN3OS/c1-3-17(4-2)12(19)7-18-11-6-9(15)8(14)5-10(11)16-13(18)20/h5-6H,3-4,7H2,1-2H3,(H,16,20). The molecule has 0 bridgehead atoms. The Morgan fingerprint density at radius 3 is 2.70 bits per heavy atom. The van der Waals surface area contributed by atoms with Gasteiger partial charge < -0.3 is 14.5 Å². The third-order valence-corrected chi connectivity index (χ3v) is 3.84. The summed E-state index contributed by atoms with van der Waals surface area (Å²) in [5, 5.41) is 0.0240. The van der Waals surface area contributed by atoms with Gasteiger partial charge >= 0.3 is 0 Å². The molecule has 0 atom stereocenters. The van der Waals surface area contributed by atoms with Crippen LogP contribution in [0.25, 0.3) is 11.0 Å². The van der Waals surface area contributed by atoms with Gasteiger partial charge in [0.25, 0.3) is 0 Å². The molecule has 1 amide bonds. The van der Waals surface area contributed by atoms with E-state index >= 15 is 0 Å². The van der Waals surface area contributed by atoms with Crippen molar-refractivity contribution >= 4 is 40.8 Å². The molecule has 0 aliphatic carbocycles. The number of amides is 1. The molecule has 0 aliphatic heterocycles. The highest BCUT2D eigenvalue weighted by atomic mass is 35.5. The minimum Gasteiger partial charge on any atom is -0.342 e.